The Labute approximate surface area is 185 Å². The average Bonchev–Trinajstić information content (AvgIpc) is 2.72. The molecule has 3 atom stereocenters. The van der Waals surface area contributed by atoms with Gasteiger partial charge in [0.25, 0.3) is 0 Å². The van der Waals surface area contributed by atoms with E-state index in [1.165, 1.54) is 0 Å². The zero-order valence-corrected chi connectivity index (χ0v) is 17.8. The summed E-state index contributed by atoms with van der Waals surface area (Å²) in [5.41, 5.74) is 20.8. The second kappa shape index (κ2) is 15.5. The summed E-state index contributed by atoms with van der Waals surface area (Å²) in [5, 5.41) is 16.3. The number of carboxylic acids is 1. The highest BCUT2D eigenvalue weighted by molar-refractivity contribution is 5.94. The summed E-state index contributed by atoms with van der Waals surface area (Å²) in [7, 11) is 0. The van der Waals surface area contributed by atoms with Gasteiger partial charge in [0.2, 0.25) is 29.5 Å². The zero-order valence-electron chi connectivity index (χ0n) is 17.8. The van der Waals surface area contributed by atoms with Crippen LogP contribution in [-0.2, 0) is 28.8 Å². The van der Waals surface area contributed by atoms with Gasteiger partial charge in [0, 0.05) is 12.8 Å². The van der Waals surface area contributed by atoms with Gasteiger partial charge in [-0.1, -0.05) is 0 Å². The molecule has 0 aromatic rings. The van der Waals surface area contributed by atoms with Crippen molar-refractivity contribution in [2.24, 2.45) is 22.9 Å². The van der Waals surface area contributed by atoms with E-state index in [1.54, 1.807) is 0 Å². The van der Waals surface area contributed by atoms with Gasteiger partial charge in [-0.3, -0.25) is 24.0 Å². The molecule has 0 rings (SSSR count). The van der Waals surface area contributed by atoms with Gasteiger partial charge in [-0.15, -0.1) is 0 Å². The summed E-state index contributed by atoms with van der Waals surface area (Å²) in [4.78, 5) is 70.6. The third kappa shape index (κ3) is 12.4. The number of nitrogens with two attached hydrogens (primary N) is 4. The lowest BCUT2D eigenvalue weighted by atomic mass is 10.1. The second-order valence-corrected chi connectivity index (χ2v) is 7.08. The number of carbonyl (C=O) groups is 6. The molecule has 0 aromatic carbocycles. The van der Waals surface area contributed by atoms with Gasteiger partial charge in [-0.25, -0.2) is 4.79 Å². The molecule has 0 heterocycles. The Balaban J connectivity index is 5.40. The molecule has 0 aliphatic rings. The molecule has 0 aliphatic carbocycles. The number of carboxylic acid groups (broad SMARTS) is 1. The van der Waals surface area contributed by atoms with E-state index in [4.69, 9.17) is 22.9 Å². The van der Waals surface area contributed by atoms with Crippen LogP contribution in [0.4, 0.5) is 0 Å². The van der Waals surface area contributed by atoms with Gasteiger partial charge >= 0.3 is 5.97 Å². The van der Waals surface area contributed by atoms with Crippen LogP contribution in [0.15, 0.2) is 0 Å². The van der Waals surface area contributed by atoms with Crippen molar-refractivity contribution in [3.05, 3.63) is 0 Å². The van der Waals surface area contributed by atoms with Crippen LogP contribution in [0.25, 0.3) is 0 Å². The Morgan fingerprint density at radius 3 is 1.56 bits per heavy atom. The molecule has 14 nitrogen and oxygen atoms in total. The van der Waals surface area contributed by atoms with Gasteiger partial charge in [0.15, 0.2) is 0 Å². The molecular weight excluding hydrogens is 426 g/mol. The lowest BCUT2D eigenvalue weighted by Crippen LogP contribution is -2.56. The molecule has 14 heteroatoms. The van der Waals surface area contributed by atoms with Crippen molar-refractivity contribution in [3.63, 3.8) is 0 Å². The molecule has 0 aliphatic heterocycles. The number of hydrogen-bond donors (Lipinski definition) is 8. The first kappa shape index (κ1) is 28.7. The summed E-state index contributed by atoms with van der Waals surface area (Å²) >= 11 is 0. The lowest BCUT2D eigenvalue weighted by molar-refractivity contribution is -0.142. The molecular formula is C18H33N7O7. The van der Waals surface area contributed by atoms with Crippen molar-refractivity contribution < 1.29 is 33.9 Å². The summed E-state index contributed by atoms with van der Waals surface area (Å²) < 4.78 is 0. The van der Waals surface area contributed by atoms with Crippen LogP contribution in [0, 0.1) is 0 Å². The van der Waals surface area contributed by atoms with E-state index in [9.17, 15) is 33.9 Å². The summed E-state index contributed by atoms with van der Waals surface area (Å²) in [6.07, 6.45) is 0.246. The minimum absolute atomic E-state index is 0.114. The van der Waals surface area contributed by atoms with E-state index in [2.05, 4.69) is 16.0 Å². The molecule has 0 saturated carbocycles. The van der Waals surface area contributed by atoms with Crippen molar-refractivity contribution in [2.45, 2.75) is 63.1 Å². The number of rotatable bonds is 17. The minimum Gasteiger partial charge on any atom is -0.480 e. The van der Waals surface area contributed by atoms with E-state index in [-0.39, 0.29) is 32.1 Å². The first-order chi connectivity index (χ1) is 15.0. The Morgan fingerprint density at radius 2 is 1.16 bits per heavy atom. The molecule has 0 fully saturated rings. The monoisotopic (exact) mass is 459 g/mol. The molecule has 182 valence electrons. The first-order valence-corrected chi connectivity index (χ1v) is 10.1. The van der Waals surface area contributed by atoms with Crippen molar-refractivity contribution >= 4 is 35.5 Å². The molecule has 12 N–H and O–H groups in total. The highest BCUT2D eigenvalue weighted by Gasteiger charge is 2.29. The number of amides is 5. The Hall–Kier alpha value is -3.26. The van der Waals surface area contributed by atoms with Gasteiger partial charge in [-0.2, -0.15) is 0 Å². The first-order valence-electron chi connectivity index (χ1n) is 10.1. The average molecular weight is 460 g/mol. The summed E-state index contributed by atoms with van der Waals surface area (Å²) in [6, 6.07) is -3.79. The van der Waals surface area contributed by atoms with Gasteiger partial charge in [0.1, 0.15) is 18.1 Å². The Kier molecular flexibility index (Phi) is 13.9. The molecule has 0 bridgehead atoms. The van der Waals surface area contributed by atoms with Crippen LogP contribution in [0.5, 0.6) is 0 Å². The van der Waals surface area contributed by atoms with Crippen LogP contribution in [0.1, 0.15) is 44.9 Å². The van der Waals surface area contributed by atoms with Crippen LogP contribution < -0.4 is 38.9 Å². The normalized spacial score (nSPS) is 13.3. The SMILES string of the molecule is NCCCCC(NC(=O)C(CCC(N)=O)NC(=O)C(CCC(N)=O)NC(=O)CN)C(=O)O. The van der Waals surface area contributed by atoms with E-state index >= 15 is 0 Å². The third-order valence-electron chi connectivity index (χ3n) is 4.39. The molecule has 3 unspecified atom stereocenters. The molecule has 0 aromatic heterocycles. The topological polar surface area (TPSA) is 263 Å². The summed E-state index contributed by atoms with van der Waals surface area (Å²) in [6.45, 7) is -0.0617. The Bertz CT molecular complexity index is 687. The van der Waals surface area contributed by atoms with Gasteiger partial charge < -0.3 is 44.0 Å². The Morgan fingerprint density at radius 1 is 0.688 bits per heavy atom. The zero-order chi connectivity index (χ0) is 24.7. The number of hydrogen-bond acceptors (Lipinski definition) is 8. The fraction of sp³-hybridized carbons (Fsp3) is 0.667. The molecule has 0 saturated heterocycles. The lowest BCUT2D eigenvalue weighted by Gasteiger charge is -2.24. The fourth-order valence-electron chi connectivity index (χ4n) is 2.66. The van der Waals surface area contributed by atoms with Crippen molar-refractivity contribution in [1.82, 2.24) is 16.0 Å². The number of nitrogens with one attached hydrogen (secondary N) is 3. The number of unbranched alkanes of at least 4 members (excludes halogenated alkanes) is 1. The smallest absolute Gasteiger partial charge is 0.326 e. The summed E-state index contributed by atoms with van der Waals surface area (Å²) in [5.74, 6) is -5.10. The van der Waals surface area contributed by atoms with Crippen LogP contribution in [0.3, 0.4) is 0 Å². The van der Waals surface area contributed by atoms with Crippen molar-refractivity contribution in [1.29, 1.82) is 0 Å². The largest absolute Gasteiger partial charge is 0.480 e. The van der Waals surface area contributed by atoms with Crippen LogP contribution in [-0.4, -0.2) is 71.8 Å². The predicted octanol–water partition coefficient (Wildman–Crippen LogP) is -3.86. The van der Waals surface area contributed by atoms with Gasteiger partial charge in [-0.05, 0) is 38.6 Å². The maximum absolute atomic E-state index is 12.7. The third-order valence-corrected chi connectivity index (χ3v) is 4.39. The number of aliphatic carboxylic acids is 1. The predicted molar refractivity (Wildman–Crippen MR) is 112 cm³/mol. The van der Waals surface area contributed by atoms with E-state index < -0.39 is 60.2 Å². The quantitative estimate of drug-likeness (QED) is 0.0987. The number of carbonyl (C=O) groups excluding carboxylic acids is 5. The van der Waals surface area contributed by atoms with Crippen molar-refractivity contribution in [3.8, 4) is 0 Å². The molecule has 0 spiro atoms. The van der Waals surface area contributed by atoms with E-state index in [0.29, 0.717) is 19.4 Å². The minimum atomic E-state index is -1.32. The van der Waals surface area contributed by atoms with Gasteiger partial charge in [0.05, 0.1) is 6.54 Å². The van der Waals surface area contributed by atoms with E-state index in [0.717, 1.165) is 0 Å². The molecule has 0 radical (unpaired) electrons. The van der Waals surface area contributed by atoms with E-state index in [1.807, 2.05) is 0 Å². The second-order valence-electron chi connectivity index (χ2n) is 7.08. The fourth-order valence-corrected chi connectivity index (χ4v) is 2.66. The molecule has 32 heavy (non-hydrogen) atoms. The molecule has 5 amide bonds. The van der Waals surface area contributed by atoms with Crippen LogP contribution >= 0.6 is 0 Å². The standard InChI is InChI=1S/C18H33N7O7/c19-8-2-1-3-12(18(31)32)25-17(30)11(5-7-14(22)27)24-16(29)10(4-6-13(21)26)23-15(28)9-20/h10-12H,1-9,19-20H2,(H2,21,26)(H2,22,27)(H,23,28)(H,24,29)(H,25,30)(H,31,32). The van der Waals surface area contributed by atoms with Crippen molar-refractivity contribution in [2.75, 3.05) is 13.1 Å². The maximum Gasteiger partial charge on any atom is 0.326 e. The number of primary amides is 2. The van der Waals surface area contributed by atoms with Crippen LogP contribution in [0.2, 0.25) is 0 Å². The maximum atomic E-state index is 12.7. The highest BCUT2D eigenvalue weighted by atomic mass is 16.4. The highest BCUT2D eigenvalue weighted by Crippen LogP contribution is 2.06.